The van der Waals surface area contributed by atoms with E-state index in [-0.39, 0.29) is 6.04 Å². The van der Waals surface area contributed by atoms with Crippen molar-refractivity contribution in [3.63, 3.8) is 0 Å². The molecule has 2 aromatic heterocycles. The lowest BCUT2D eigenvalue weighted by atomic mass is 10.1. The summed E-state index contributed by atoms with van der Waals surface area (Å²) >= 11 is 0. The Morgan fingerprint density at radius 1 is 1.33 bits per heavy atom. The van der Waals surface area contributed by atoms with Crippen molar-refractivity contribution in [2.24, 2.45) is 5.73 Å². The van der Waals surface area contributed by atoms with E-state index in [0.29, 0.717) is 19.5 Å². The normalized spacial score (nSPS) is 11.7. The Morgan fingerprint density at radius 3 is 2.76 bits per heavy atom. The minimum atomic E-state index is -0.0302. The lowest BCUT2D eigenvalue weighted by molar-refractivity contribution is 0.771. The summed E-state index contributed by atoms with van der Waals surface area (Å²) in [5.41, 5.74) is 7.93. The van der Waals surface area contributed by atoms with Crippen molar-refractivity contribution >= 4 is 5.82 Å². The lowest BCUT2D eigenvalue weighted by Crippen LogP contribution is -2.24. The van der Waals surface area contributed by atoms with E-state index in [2.05, 4.69) is 20.9 Å². The topological polar surface area (TPSA) is 78.8 Å². The Labute approximate surface area is 125 Å². The third-order valence-electron chi connectivity index (χ3n) is 3.21. The number of hydrogen-bond acceptors (Lipinski definition) is 5. The van der Waals surface area contributed by atoms with Crippen molar-refractivity contribution in [2.45, 2.75) is 25.9 Å². The number of hydrogen-bond donors (Lipinski definition) is 1. The third kappa shape index (κ3) is 4.26. The first-order chi connectivity index (χ1) is 10.2. The van der Waals surface area contributed by atoms with Crippen molar-refractivity contribution in [2.75, 3.05) is 11.4 Å². The van der Waals surface area contributed by atoms with Crippen molar-refractivity contribution in [3.05, 3.63) is 54.0 Å². The van der Waals surface area contributed by atoms with Crippen LogP contribution >= 0.6 is 0 Å². The van der Waals surface area contributed by atoms with E-state index in [1.165, 1.54) is 0 Å². The summed E-state index contributed by atoms with van der Waals surface area (Å²) in [7, 11) is 0. The highest BCUT2D eigenvalue weighted by atomic mass is 15.2. The Hall–Kier alpha value is -2.45. The molecule has 1 atom stereocenters. The minimum Gasteiger partial charge on any atom is -0.351 e. The number of anilines is 1. The molecule has 0 saturated heterocycles. The molecule has 2 aromatic rings. The molecule has 0 aliphatic rings. The fourth-order valence-corrected chi connectivity index (χ4v) is 2.03. The molecule has 0 amide bonds. The second kappa shape index (κ2) is 7.36. The first-order valence-electron chi connectivity index (χ1n) is 6.93. The monoisotopic (exact) mass is 281 g/mol. The summed E-state index contributed by atoms with van der Waals surface area (Å²) in [6.45, 7) is 3.25. The van der Waals surface area contributed by atoms with Crippen LogP contribution in [-0.4, -0.2) is 16.5 Å². The number of pyridine rings is 2. The number of rotatable bonds is 6. The molecule has 2 heterocycles. The highest BCUT2D eigenvalue weighted by Gasteiger charge is 2.09. The second-order valence-corrected chi connectivity index (χ2v) is 4.93. The van der Waals surface area contributed by atoms with Crippen LogP contribution in [-0.2, 0) is 6.54 Å². The Balaban J connectivity index is 2.17. The number of aromatic nitrogens is 2. The van der Waals surface area contributed by atoms with Gasteiger partial charge in [-0.15, -0.1) is 0 Å². The second-order valence-electron chi connectivity index (χ2n) is 4.93. The van der Waals surface area contributed by atoms with Gasteiger partial charge in [-0.25, -0.2) is 4.98 Å². The SMILES string of the molecule is C[C@H](N)c1ccc(N(CCC#N)Cc2cccnc2)nc1. The summed E-state index contributed by atoms with van der Waals surface area (Å²) in [6.07, 6.45) is 5.83. The molecule has 0 spiro atoms. The Bertz CT molecular complexity index is 586. The van der Waals surface area contributed by atoms with Gasteiger partial charge in [-0.3, -0.25) is 4.98 Å². The van der Waals surface area contributed by atoms with Crippen LogP contribution in [0.4, 0.5) is 5.82 Å². The molecule has 21 heavy (non-hydrogen) atoms. The maximum atomic E-state index is 8.82. The predicted molar refractivity (Wildman–Crippen MR) is 82.4 cm³/mol. The fourth-order valence-electron chi connectivity index (χ4n) is 2.03. The van der Waals surface area contributed by atoms with Gasteiger partial charge in [0.05, 0.1) is 12.5 Å². The molecule has 5 nitrogen and oxygen atoms in total. The highest BCUT2D eigenvalue weighted by Crippen LogP contribution is 2.17. The standard InChI is InChI=1S/C16H19N5/c1-13(18)15-5-6-16(20-11-15)21(9-3-7-17)12-14-4-2-8-19-10-14/h2,4-6,8,10-11,13H,3,9,12,18H2,1H3/t13-/m0/s1. The van der Waals surface area contributed by atoms with Gasteiger partial charge in [-0.05, 0) is 30.2 Å². The van der Waals surface area contributed by atoms with Crippen molar-refractivity contribution in [3.8, 4) is 6.07 Å². The number of nitriles is 1. The van der Waals surface area contributed by atoms with Gasteiger partial charge in [0, 0.05) is 37.7 Å². The zero-order chi connectivity index (χ0) is 15.1. The quantitative estimate of drug-likeness (QED) is 0.879. The summed E-state index contributed by atoms with van der Waals surface area (Å²) in [4.78, 5) is 10.7. The van der Waals surface area contributed by atoms with Crippen LogP contribution in [0.25, 0.3) is 0 Å². The van der Waals surface area contributed by atoms with E-state index in [1.54, 1.807) is 12.4 Å². The highest BCUT2D eigenvalue weighted by molar-refractivity contribution is 5.40. The maximum Gasteiger partial charge on any atom is 0.128 e. The molecule has 2 N–H and O–H groups in total. The summed E-state index contributed by atoms with van der Waals surface area (Å²) in [5.74, 6) is 0.846. The first kappa shape index (κ1) is 14.9. The smallest absolute Gasteiger partial charge is 0.128 e. The van der Waals surface area contributed by atoms with E-state index in [0.717, 1.165) is 16.9 Å². The van der Waals surface area contributed by atoms with E-state index in [9.17, 15) is 0 Å². The Kier molecular flexibility index (Phi) is 5.24. The predicted octanol–water partition coefficient (Wildman–Crippen LogP) is 2.42. The number of nitrogens with zero attached hydrogens (tertiary/aromatic N) is 4. The summed E-state index contributed by atoms with van der Waals surface area (Å²) in [6, 6.07) is 10.0. The fraction of sp³-hybridized carbons (Fsp3) is 0.312. The molecule has 5 heteroatoms. The van der Waals surface area contributed by atoms with E-state index >= 15 is 0 Å². The van der Waals surface area contributed by atoms with Gasteiger partial charge in [0.25, 0.3) is 0 Å². The van der Waals surface area contributed by atoms with Crippen LogP contribution in [0, 0.1) is 11.3 Å². The largest absolute Gasteiger partial charge is 0.351 e. The van der Waals surface area contributed by atoms with Crippen LogP contribution in [0.1, 0.15) is 30.5 Å². The molecule has 0 fully saturated rings. The van der Waals surface area contributed by atoms with Crippen LogP contribution in [0.3, 0.4) is 0 Å². The van der Waals surface area contributed by atoms with Crippen LogP contribution in [0.5, 0.6) is 0 Å². The lowest BCUT2D eigenvalue weighted by Gasteiger charge is -2.23. The molecule has 0 saturated carbocycles. The maximum absolute atomic E-state index is 8.82. The van der Waals surface area contributed by atoms with Gasteiger partial charge in [-0.1, -0.05) is 12.1 Å². The van der Waals surface area contributed by atoms with Gasteiger partial charge >= 0.3 is 0 Å². The molecule has 0 bridgehead atoms. The molecular formula is C16H19N5. The van der Waals surface area contributed by atoms with Gasteiger partial charge in [0.1, 0.15) is 5.82 Å². The van der Waals surface area contributed by atoms with Crippen molar-refractivity contribution < 1.29 is 0 Å². The molecule has 0 unspecified atom stereocenters. The van der Waals surface area contributed by atoms with Crippen molar-refractivity contribution in [1.29, 1.82) is 5.26 Å². The molecule has 0 aliphatic carbocycles. The summed E-state index contributed by atoms with van der Waals surface area (Å²) < 4.78 is 0. The van der Waals surface area contributed by atoms with Gasteiger partial charge < -0.3 is 10.6 Å². The average molecular weight is 281 g/mol. The first-order valence-corrected chi connectivity index (χ1v) is 6.93. The molecule has 0 aromatic carbocycles. The molecular weight excluding hydrogens is 262 g/mol. The van der Waals surface area contributed by atoms with Crippen LogP contribution in [0.2, 0.25) is 0 Å². The van der Waals surface area contributed by atoms with E-state index in [1.807, 2.05) is 37.4 Å². The molecule has 2 rings (SSSR count). The number of nitrogens with two attached hydrogens (primary N) is 1. The van der Waals surface area contributed by atoms with E-state index in [4.69, 9.17) is 11.0 Å². The van der Waals surface area contributed by atoms with Gasteiger partial charge in [-0.2, -0.15) is 5.26 Å². The third-order valence-corrected chi connectivity index (χ3v) is 3.21. The van der Waals surface area contributed by atoms with Gasteiger partial charge in [0.2, 0.25) is 0 Å². The van der Waals surface area contributed by atoms with Crippen LogP contribution in [0.15, 0.2) is 42.9 Å². The average Bonchev–Trinajstić information content (AvgIpc) is 2.52. The van der Waals surface area contributed by atoms with E-state index < -0.39 is 0 Å². The van der Waals surface area contributed by atoms with Crippen molar-refractivity contribution in [1.82, 2.24) is 9.97 Å². The van der Waals surface area contributed by atoms with Crippen LogP contribution < -0.4 is 10.6 Å². The molecule has 108 valence electrons. The molecule has 0 radical (unpaired) electrons. The zero-order valence-electron chi connectivity index (χ0n) is 12.1. The van der Waals surface area contributed by atoms with Gasteiger partial charge in [0.15, 0.2) is 0 Å². The molecule has 0 aliphatic heterocycles. The minimum absolute atomic E-state index is 0.0302. The summed E-state index contributed by atoms with van der Waals surface area (Å²) in [5, 5.41) is 8.82. The Morgan fingerprint density at radius 2 is 2.19 bits per heavy atom. The zero-order valence-corrected chi connectivity index (χ0v) is 12.1.